The van der Waals surface area contributed by atoms with E-state index in [1.165, 1.54) is 9.80 Å². The molecule has 0 aliphatic carbocycles. The number of carbonyl (C=O) groups is 4. The predicted molar refractivity (Wildman–Crippen MR) is 182 cm³/mol. The van der Waals surface area contributed by atoms with E-state index in [0.717, 1.165) is 0 Å². The lowest BCUT2D eigenvalue weighted by Gasteiger charge is -2.37. The number of benzene rings is 2. The lowest BCUT2D eigenvalue weighted by Crippen LogP contribution is -2.57. The van der Waals surface area contributed by atoms with E-state index in [1.807, 2.05) is 30.3 Å². The lowest BCUT2D eigenvalue weighted by atomic mass is 9.70. The fourth-order valence-corrected chi connectivity index (χ4v) is 8.27. The number of carbonyl (C=O) groups excluding carboxylic acids is 4. The molecular weight excluding hydrogens is 682 g/mol. The van der Waals surface area contributed by atoms with Gasteiger partial charge in [0.25, 0.3) is 5.91 Å². The minimum atomic E-state index is -1.36. The first-order chi connectivity index (χ1) is 23.1. The number of halogens is 1. The van der Waals surface area contributed by atoms with Crippen LogP contribution in [0.2, 0.25) is 0 Å². The van der Waals surface area contributed by atoms with Gasteiger partial charge in [-0.1, -0.05) is 58.4 Å². The van der Waals surface area contributed by atoms with Crippen LogP contribution in [-0.4, -0.2) is 89.1 Å². The minimum Gasteiger partial charge on any atom is -0.497 e. The first-order valence-corrected chi connectivity index (χ1v) is 17.0. The van der Waals surface area contributed by atoms with Crippen molar-refractivity contribution in [3.63, 3.8) is 0 Å². The van der Waals surface area contributed by atoms with Crippen molar-refractivity contribution in [1.82, 2.24) is 10.2 Å². The molecule has 2 N–H and O–H groups in total. The van der Waals surface area contributed by atoms with Crippen molar-refractivity contribution in [3.8, 4) is 5.75 Å². The van der Waals surface area contributed by atoms with E-state index in [1.54, 1.807) is 50.5 Å². The van der Waals surface area contributed by atoms with E-state index in [4.69, 9.17) is 14.2 Å². The zero-order valence-corrected chi connectivity index (χ0v) is 28.7. The molecule has 2 bridgehead atoms. The molecule has 0 aromatic heterocycles. The second-order valence-corrected chi connectivity index (χ2v) is 13.5. The molecule has 256 valence electrons. The molecule has 1 spiro atoms. The average molecular weight is 725 g/mol. The van der Waals surface area contributed by atoms with Gasteiger partial charge in [-0.25, -0.2) is 0 Å². The van der Waals surface area contributed by atoms with Crippen molar-refractivity contribution in [1.29, 1.82) is 0 Å². The number of methoxy groups -OCH3 is 1. The van der Waals surface area contributed by atoms with Crippen molar-refractivity contribution in [2.45, 2.75) is 60.9 Å². The van der Waals surface area contributed by atoms with Gasteiger partial charge in [0, 0.05) is 30.0 Å². The molecule has 5 rings (SSSR count). The van der Waals surface area contributed by atoms with Crippen LogP contribution >= 0.6 is 15.9 Å². The summed E-state index contributed by atoms with van der Waals surface area (Å²) >= 11 is 3.68. The van der Waals surface area contributed by atoms with Gasteiger partial charge in [0.05, 0.1) is 37.7 Å². The van der Waals surface area contributed by atoms with Gasteiger partial charge in [-0.05, 0) is 49.6 Å². The van der Waals surface area contributed by atoms with Gasteiger partial charge < -0.3 is 34.4 Å². The van der Waals surface area contributed by atoms with Gasteiger partial charge in [-0.15, -0.1) is 13.2 Å². The molecule has 8 atom stereocenters. The summed E-state index contributed by atoms with van der Waals surface area (Å²) in [6.45, 7) is 8.88. The molecular formula is C36H42BrN3O8. The third-order valence-corrected chi connectivity index (χ3v) is 10.2. The molecule has 3 heterocycles. The van der Waals surface area contributed by atoms with Crippen molar-refractivity contribution in [3.05, 3.63) is 85.5 Å². The van der Waals surface area contributed by atoms with Crippen LogP contribution in [0.5, 0.6) is 5.75 Å². The summed E-state index contributed by atoms with van der Waals surface area (Å²) in [6.07, 6.45) is 2.66. The molecule has 1 unspecified atom stereocenters. The Bertz CT molecular complexity index is 1520. The van der Waals surface area contributed by atoms with Crippen molar-refractivity contribution < 1.29 is 38.5 Å². The standard InChI is InChI=1S/C36H42BrN3O8/c1-5-7-13-27(42)38-22(3)30(23-11-9-8-10-12-23)47-35(45)28-29-33(43)40(19-20-41)32(36(29)21-26(37)31(28)48-36)34(44)39(18-6-2)24-14-16-25(46-4)17-15-24/h5-6,8-12,14-17,22,26,28-32,41H,1-2,7,13,18-21H2,3-4H3,(H,38,42)/t22-,26?,28-,29+,30-,31-,32-,36+/m1/s1. The number of esters is 1. The van der Waals surface area contributed by atoms with Crippen LogP contribution in [0.1, 0.15) is 37.9 Å². The zero-order chi connectivity index (χ0) is 34.6. The van der Waals surface area contributed by atoms with E-state index in [2.05, 4.69) is 34.4 Å². The number of anilines is 1. The van der Waals surface area contributed by atoms with Crippen LogP contribution in [0.4, 0.5) is 5.69 Å². The lowest BCUT2D eigenvalue weighted by molar-refractivity contribution is -0.162. The number of nitrogens with zero attached hydrogens (tertiary/aromatic N) is 2. The highest BCUT2D eigenvalue weighted by Gasteiger charge is 2.77. The number of aliphatic hydroxyl groups is 1. The smallest absolute Gasteiger partial charge is 0.313 e. The molecule has 11 nitrogen and oxygen atoms in total. The van der Waals surface area contributed by atoms with Gasteiger partial charge in [0.2, 0.25) is 11.8 Å². The fraction of sp³-hybridized carbons (Fsp3) is 0.444. The van der Waals surface area contributed by atoms with Crippen molar-refractivity contribution >= 4 is 45.3 Å². The van der Waals surface area contributed by atoms with E-state index < -0.39 is 66.1 Å². The van der Waals surface area contributed by atoms with Crippen LogP contribution in [0.15, 0.2) is 79.9 Å². The summed E-state index contributed by atoms with van der Waals surface area (Å²) in [5, 5.41) is 12.9. The SMILES string of the molecule is C=CCCC(=O)N[C@H](C)[C@@H](OC(=O)[C@H]1[C@@H]2O[C@@]3(CC2Br)[C@@H]1C(=O)N(CCO)[C@@H]3C(=O)N(CC=C)c1ccc(OC)cc1)c1ccccc1. The van der Waals surface area contributed by atoms with E-state index in [9.17, 15) is 24.3 Å². The molecule has 0 saturated carbocycles. The second kappa shape index (κ2) is 15.0. The predicted octanol–water partition coefficient (Wildman–Crippen LogP) is 3.71. The minimum absolute atomic E-state index is 0.124. The summed E-state index contributed by atoms with van der Waals surface area (Å²) in [6, 6.07) is 14.3. The number of fused-ring (bicyclic) bond motifs is 1. The fourth-order valence-electron chi connectivity index (χ4n) is 7.33. The Morgan fingerprint density at radius 2 is 1.88 bits per heavy atom. The number of aliphatic hydroxyl groups excluding tert-OH is 1. The van der Waals surface area contributed by atoms with Crippen LogP contribution in [0.25, 0.3) is 0 Å². The van der Waals surface area contributed by atoms with E-state index >= 15 is 0 Å². The monoisotopic (exact) mass is 723 g/mol. The van der Waals surface area contributed by atoms with Gasteiger partial charge in [0.15, 0.2) is 0 Å². The number of likely N-dealkylation sites (tertiary alicyclic amines) is 1. The number of hydrogen-bond acceptors (Lipinski definition) is 8. The Hall–Kier alpha value is -4.00. The zero-order valence-electron chi connectivity index (χ0n) is 27.1. The highest BCUT2D eigenvalue weighted by Crippen LogP contribution is 2.60. The second-order valence-electron chi connectivity index (χ2n) is 12.3. The number of rotatable bonds is 15. The summed E-state index contributed by atoms with van der Waals surface area (Å²) in [4.78, 5) is 58.2. The Morgan fingerprint density at radius 3 is 2.50 bits per heavy atom. The Labute approximate surface area is 289 Å². The summed E-state index contributed by atoms with van der Waals surface area (Å²) in [5.41, 5.74) is -0.126. The maximum Gasteiger partial charge on any atom is 0.313 e. The maximum atomic E-state index is 14.6. The molecule has 12 heteroatoms. The highest BCUT2D eigenvalue weighted by molar-refractivity contribution is 9.09. The number of ether oxygens (including phenoxy) is 3. The van der Waals surface area contributed by atoms with E-state index in [0.29, 0.717) is 29.8 Å². The third kappa shape index (κ3) is 6.53. The molecule has 3 aliphatic heterocycles. The first kappa shape index (κ1) is 35.3. The molecule has 3 fully saturated rings. The molecule has 3 amide bonds. The number of alkyl halides is 1. The van der Waals surface area contributed by atoms with Crippen LogP contribution in [0, 0.1) is 11.8 Å². The van der Waals surface area contributed by atoms with Crippen LogP contribution in [0.3, 0.4) is 0 Å². The van der Waals surface area contributed by atoms with Gasteiger partial charge in [0.1, 0.15) is 23.5 Å². The number of amides is 3. The molecule has 48 heavy (non-hydrogen) atoms. The number of β-amino-alcohol motifs (C(OH)–C–C–N with tert-alkyl or cyclic N) is 1. The summed E-state index contributed by atoms with van der Waals surface area (Å²) in [7, 11) is 1.55. The Balaban J connectivity index is 1.48. The Kier molecular flexibility index (Phi) is 11.1. The Morgan fingerprint density at radius 1 is 1.17 bits per heavy atom. The third-order valence-electron chi connectivity index (χ3n) is 9.39. The molecule has 3 aliphatic rings. The van der Waals surface area contributed by atoms with Crippen molar-refractivity contribution in [2.24, 2.45) is 11.8 Å². The van der Waals surface area contributed by atoms with Gasteiger partial charge >= 0.3 is 5.97 Å². The summed E-state index contributed by atoms with van der Waals surface area (Å²) in [5.74, 6) is -3.21. The maximum absolute atomic E-state index is 14.6. The normalized spacial score (nSPS) is 26.7. The van der Waals surface area contributed by atoms with Crippen LogP contribution < -0.4 is 15.0 Å². The largest absolute Gasteiger partial charge is 0.497 e. The number of hydrogen-bond donors (Lipinski definition) is 2. The highest BCUT2D eigenvalue weighted by atomic mass is 79.9. The van der Waals surface area contributed by atoms with Gasteiger partial charge in [-0.2, -0.15) is 0 Å². The first-order valence-electron chi connectivity index (χ1n) is 16.1. The molecule has 0 radical (unpaired) electrons. The molecule has 2 aromatic carbocycles. The average Bonchev–Trinajstić information content (AvgIpc) is 3.68. The van der Waals surface area contributed by atoms with Crippen molar-refractivity contribution in [2.75, 3.05) is 31.7 Å². The quantitative estimate of drug-likeness (QED) is 0.161. The number of allylic oxidation sites excluding steroid dienone is 1. The van der Waals surface area contributed by atoms with Crippen LogP contribution in [-0.2, 0) is 28.7 Å². The van der Waals surface area contributed by atoms with Gasteiger partial charge in [-0.3, -0.25) is 19.2 Å². The summed E-state index contributed by atoms with van der Waals surface area (Å²) < 4.78 is 18.1. The molecule has 2 aromatic rings. The topological polar surface area (TPSA) is 135 Å². The molecule has 3 saturated heterocycles. The van der Waals surface area contributed by atoms with E-state index in [-0.39, 0.29) is 30.2 Å². The number of nitrogens with one attached hydrogen (secondary N) is 1.